The molecule has 1 heterocycles. The van der Waals surface area contributed by atoms with E-state index in [1.807, 2.05) is 11.3 Å². The number of halogens is 1. The number of hydrogen-bond donors (Lipinski definition) is 0. The van der Waals surface area contributed by atoms with Gasteiger partial charge in [0.2, 0.25) is 0 Å². The number of fused-ring (bicyclic) bond motifs is 1. The van der Waals surface area contributed by atoms with Crippen molar-refractivity contribution in [3.8, 4) is 0 Å². The summed E-state index contributed by atoms with van der Waals surface area (Å²) in [6.07, 6.45) is 5.40. The third-order valence-electron chi connectivity index (χ3n) is 4.19. The Kier molecular flexibility index (Phi) is 4.25. The van der Waals surface area contributed by atoms with Crippen LogP contribution in [-0.4, -0.2) is 22.8 Å². The highest BCUT2D eigenvalue weighted by Crippen LogP contribution is 2.31. The summed E-state index contributed by atoms with van der Waals surface area (Å²) in [5.74, 6) is 0. The van der Waals surface area contributed by atoms with Crippen molar-refractivity contribution in [1.82, 2.24) is 4.90 Å². The minimum atomic E-state index is 0.663. The molecule has 2 unspecified atom stereocenters. The molecule has 0 N–H and O–H groups in total. The van der Waals surface area contributed by atoms with Gasteiger partial charge in [0.25, 0.3) is 0 Å². The predicted octanol–water partition coefficient (Wildman–Crippen LogP) is 5.04. The molecule has 1 fully saturated rings. The second-order valence-corrected chi connectivity index (χ2v) is 7.63. The van der Waals surface area contributed by atoms with Gasteiger partial charge in [-0.2, -0.15) is 0 Å². The summed E-state index contributed by atoms with van der Waals surface area (Å²) in [5.41, 5.74) is 1.48. The van der Waals surface area contributed by atoms with E-state index in [1.165, 1.54) is 41.3 Å². The first-order valence-electron chi connectivity index (χ1n) is 7.05. The monoisotopic (exact) mass is 337 g/mol. The second-order valence-electron chi connectivity index (χ2n) is 5.54. The zero-order chi connectivity index (χ0) is 13.2. The van der Waals surface area contributed by atoms with Gasteiger partial charge in [0.1, 0.15) is 0 Å². The number of alkyl halides is 1. The van der Waals surface area contributed by atoms with Crippen LogP contribution in [0.1, 0.15) is 31.2 Å². The van der Waals surface area contributed by atoms with Crippen molar-refractivity contribution in [3.05, 3.63) is 35.2 Å². The van der Waals surface area contributed by atoms with E-state index in [4.69, 9.17) is 0 Å². The number of rotatable bonds is 3. The molecule has 2 aromatic rings. The van der Waals surface area contributed by atoms with E-state index in [1.54, 1.807) is 0 Å². The van der Waals surface area contributed by atoms with Gasteiger partial charge >= 0.3 is 0 Å². The lowest BCUT2D eigenvalue weighted by atomic mass is 9.94. The Morgan fingerprint density at radius 3 is 2.89 bits per heavy atom. The molecule has 1 nitrogen and oxygen atoms in total. The van der Waals surface area contributed by atoms with Crippen molar-refractivity contribution in [1.29, 1.82) is 0 Å². The maximum Gasteiger partial charge on any atom is 0.0346 e. The SMILES string of the molecule is CN(Cc1csc2ccccc12)C1CCCCC1Br. The lowest BCUT2D eigenvalue weighted by Crippen LogP contribution is -2.40. The molecule has 3 heteroatoms. The molecule has 0 saturated heterocycles. The van der Waals surface area contributed by atoms with Gasteiger partial charge in [-0.05, 0) is 42.3 Å². The first-order chi connectivity index (χ1) is 9.25. The zero-order valence-electron chi connectivity index (χ0n) is 11.3. The molecule has 102 valence electrons. The van der Waals surface area contributed by atoms with Crippen molar-refractivity contribution >= 4 is 37.4 Å². The number of thiophene rings is 1. The van der Waals surface area contributed by atoms with Crippen LogP contribution in [0.4, 0.5) is 0 Å². The highest BCUT2D eigenvalue weighted by molar-refractivity contribution is 9.09. The minimum absolute atomic E-state index is 0.663. The first kappa shape index (κ1) is 13.6. The normalized spacial score (nSPS) is 24.2. The van der Waals surface area contributed by atoms with Crippen LogP contribution < -0.4 is 0 Å². The molecule has 1 aromatic carbocycles. The largest absolute Gasteiger partial charge is 0.298 e. The van der Waals surface area contributed by atoms with E-state index in [0.717, 1.165) is 6.54 Å². The standard InChI is InChI=1S/C16H20BrNS/c1-18(15-8-4-3-7-14(15)17)10-12-11-19-16-9-5-2-6-13(12)16/h2,5-6,9,11,14-15H,3-4,7-8,10H2,1H3. The van der Waals surface area contributed by atoms with Crippen LogP contribution in [0.15, 0.2) is 29.6 Å². The molecule has 0 radical (unpaired) electrons. The third-order valence-corrected chi connectivity index (χ3v) is 6.27. The van der Waals surface area contributed by atoms with Gasteiger partial charge in [-0.25, -0.2) is 0 Å². The molecule has 3 rings (SSSR count). The molecular weight excluding hydrogens is 318 g/mol. The Bertz CT molecular complexity index is 550. The summed E-state index contributed by atoms with van der Waals surface area (Å²) in [7, 11) is 2.27. The van der Waals surface area contributed by atoms with E-state index in [9.17, 15) is 0 Å². The number of benzene rings is 1. The van der Waals surface area contributed by atoms with E-state index in [2.05, 4.69) is 57.5 Å². The van der Waals surface area contributed by atoms with Crippen LogP contribution in [0.2, 0.25) is 0 Å². The van der Waals surface area contributed by atoms with Crippen molar-refractivity contribution in [2.24, 2.45) is 0 Å². The molecule has 1 aromatic heterocycles. The smallest absolute Gasteiger partial charge is 0.0346 e. The quantitative estimate of drug-likeness (QED) is 0.709. The fraction of sp³-hybridized carbons (Fsp3) is 0.500. The molecule has 19 heavy (non-hydrogen) atoms. The predicted molar refractivity (Wildman–Crippen MR) is 88.3 cm³/mol. The summed E-state index contributed by atoms with van der Waals surface area (Å²) in [6.45, 7) is 1.07. The molecule has 1 aliphatic rings. The molecule has 1 aliphatic carbocycles. The first-order valence-corrected chi connectivity index (χ1v) is 8.84. The van der Waals surface area contributed by atoms with E-state index < -0.39 is 0 Å². The van der Waals surface area contributed by atoms with E-state index >= 15 is 0 Å². The van der Waals surface area contributed by atoms with Gasteiger partial charge in [0.05, 0.1) is 0 Å². The van der Waals surface area contributed by atoms with E-state index in [-0.39, 0.29) is 0 Å². The fourth-order valence-corrected chi connectivity index (χ4v) is 5.05. The maximum absolute atomic E-state index is 3.87. The fourth-order valence-electron chi connectivity index (χ4n) is 3.10. The Balaban J connectivity index is 1.77. The highest BCUT2D eigenvalue weighted by Gasteiger charge is 2.26. The molecule has 1 saturated carbocycles. The lowest BCUT2D eigenvalue weighted by molar-refractivity contribution is 0.194. The van der Waals surface area contributed by atoms with Crippen LogP contribution in [0.5, 0.6) is 0 Å². The Labute approximate surface area is 127 Å². The van der Waals surface area contributed by atoms with Gasteiger partial charge in [0, 0.05) is 22.1 Å². The van der Waals surface area contributed by atoms with Crippen molar-refractivity contribution in [2.75, 3.05) is 7.05 Å². The minimum Gasteiger partial charge on any atom is -0.298 e. The Morgan fingerprint density at radius 2 is 2.05 bits per heavy atom. The summed E-state index contributed by atoms with van der Waals surface area (Å²) < 4.78 is 1.41. The van der Waals surface area contributed by atoms with Crippen LogP contribution in [0.25, 0.3) is 10.1 Å². The van der Waals surface area contributed by atoms with Gasteiger partial charge in [-0.3, -0.25) is 4.90 Å². The maximum atomic E-state index is 3.87. The third kappa shape index (κ3) is 2.88. The summed E-state index contributed by atoms with van der Waals surface area (Å²) in [6, 6.07) is 9.43. The zero-order valence-corrected chi connectivity index (χ0v) is 13.7. The average Bonchev–Trinajstić information content (AvgIpc) is 2.83. The summed E-state index contributed by atoms with van der Waals surface area (Å²) >= 11 is 5.74. The van der Waals surface area contributed by atoms with Gasteiger partial charge < -0.3 is 0 Å². The molecular formula is C16H20BrNS. The van der Waals surface area contributed by atoms with Crippen molar-refractivity contribution in [3.63, 3.8) is 0 Å². The van der Waals surface area contributed by atoms with Crippen molar-refractivity contribution < 1.29 is 0 Å². The lowest BCUT2D eigenvalue weighted by Gasteiger charge is -2.35. The van der Waals surface area contributed by atoms with E-state index in [0.29, 0.717) is 10.9 Å². The van der Waals surface area contributed by atoms with Gasteiger partial charge in [-0.15, -0.1) is 11.3 Å². The number of nitrogens with zero attached hydrogens (tertiary/aromatic N) is 1. The van der Waals surface area contributed by atoms with Crippen LogP contribution in [0, 0.1) is 0 Å². The average molecular weight is 338 g/mol. The van der Waals surface area contributed by atoms with Crippen LogP contribution >= 0.6 is 27.3 Å². The van der Waals surface area contributed by atoms with Crippen LogP contribution in [0.3, 0.4) is 0 Å². The molecule has 2 atom stereocenters. The summed E-state index contributed by atoms with van der Waals surface area (Å²) in [4.78, 5) is 3.20. The molecule has 0 amide bonds. The Hall–Kier alpha value is -0.380. The second kappa shape index (κ2) is 5.94. The highest BCUT2D eigenvalue weighted by atomic mass is 79.9. The summed E-state index contributed by atoms with van der Waals surface area (Å²) in [5, 5.41) is 3.76. The van der Waals surface area contributed by atoms with Gasteiger partial charge in [0.15, 0.2) is 0 Å². The molecule has 0 bridgehead atoms. The Morgan fingerprint density at radius 1 is 1.26 bits per heavy atom. The molecule has 0 aliphatic heterocycles. The molecule has 0 spiro atoms. The number of hydrogen-bond acceptors (Lipinski definition) is 2. The van der Waals surface area contributed by atoms with Crippen LogP contribution in [-0.2, 0) is 6.54 Å². The topological polar surface area (TPSA) is 3.24 Å². The van der Waals surface area contributed by atoms with Gasteiger partial charge in [-0.1, -0.05) is 47.0 Å². The van der Waals surface area contributed by atoms with Crippen molar-refractivity contribution in [2.45, 2.75) is 43.1 Å².